The van der Waals surface area contributed by atoms with E-state index in [1.54, 1.807) is 0 Å². The Balaban J connectivity index is 2.23. The first-order chi connectivity index (χ1) is 9.99. The minimum Gasteiger partial charge on any atom is -0.345 e. The van der Waals surface area contributed by atoms with E-state index in [9.17, 15) is 13.6 Å². The zero-order valence-corrected chi connectivity index (χ0v) is 11.9. The van der Waals surface area contributed by atoms with Gasteiger partial charge in [0, 0.05) is 6.07 Å². The summed E-state index contributed by atoms with van der Waals surface area (Å²) in [5.41, 5.74) is 0.793. The lowest BCUT2D eigenvalue weighted by molar-refractivity contribution is 0.0921. The van der Waals surface area contributed by atoms with Crippen LogP contribution in [0.4, 0.5) is 8.78 Å². The topological polar surface area (TPSA) is 29.1 Å². The molecule has 0 saturated heterocycles. The second-order valence-corrected chi connectivity index (χ2v) is 5.23. The van der Waals surface area contributed by atoms with Crippen molar-refractivity contribution < 1.29 is 13.6 Å². The average molecular weight is 289 g/mol. The van der Waals surface area contributed by atoms with Gasteiger partial charge >= 0.3 is 0 Å². The van der Waals surface area contributed by atoms with Gasteiger partial charge in [0.15, 0.2) is 0 Å². The fourth-order valence-electron chi connectivity index (χ4n) is 2.19. The molecule has 0 spiro atoms. The van der Waals surface area contributed by atoms with Gasteiger partial charge in [0.1, 0.15) is 11.6 Å². The van der Waals surface area contributed by atoms with Crippen molar-refractivity contribution >= 4 is 5.91 Å². The molecule has 1 N–H and O–H groups in total. The van der Waals surface area contributed by atoms with E-state index >= 15 is 0 Å². The molecule has 4 heteroatoms. The molecule has 2 aromatic rings. The van der Waals surface area contributed by atoms with E-state index in [-0.39, 0.29) is 17.5 Å². The second kappa shape index (κ2) is 6.48. The molecule has 1 amide bonds. The van der Waals surface area contributed by atoms with E-state index in [2.05, 4.69) is 5.32 Å². The highest BCUT2D eigenvalue weighted by Gasteiger charge is 2.20. The quantitative estimate of drug-likeness (QED) is 0.902. The average Bonchev–Trinajstić information content (AvgIpc) is 2.45. The van der Waals surface area contributed by atoms with Crippen molar-refractivity contribution in [3.8, 4) is 0 Å². The molecule has 0 radical (unpaired) electrons. The van der Waals surface area contributed by atoms with Crippen molar-refractivity contribution in [3.63, 3.8) is 0 Å². The third-order valence-corrected chi connectivity index (χ3v) is 3.29. The predicted octanol–water partition coefficient (Wildman–Crippen LogP) is 4.09. The van der Waals surface area contributed by atoms with Gasteiger partial charge in [-0.1, -0.05) is 44.2 Å². The molecule has 2 aromatic carbocycles. The standard InChI is InChI=1S/C17H17F2NO/c1-11(2)16(12-6-4-3-5-7-12)20-17(21)14-9-8-13(18)10-15(14)19/h3-11,16H,1-2H3,(H,20,21)/t16-/m0/s1. The zero-order chi connectivity index (χ0) is 15.4. The first-order valence-corrected chi connectivity index (χ1v) is 6.80. The van der Waals surface area contributed by atoms with Crippen molar-refractivity contribution in [1.29, 1.82) is 0 Å². The normalized spacial score (nSPS) is 12.2. The molecule has 1 atom stereocenters. The molecule has 0 aliphatic heterocycles. The Morgan fingerprint density at radius 1 is 1.05 bits per heavy atom. The van der Waals surface area contributed by atoms with Crippen LogP contribution in [0.5, 0.6) is 0 Å². The number of hydrogen-bond acceptors (Lipinski definition) is 1. The van der Waals surface area contributed by atoms with Gasteiger partial charge in [-0.15, -0.1) is 0 Å². The van der Waals surface area contributed by atoms with Gasteiger partial charge in [-0.05, 0) is 23.6 Å². The Kier molecular flexibility index (Phi) is 4.68. The maximum Gasteiger partial charge on any atom is 0.254 e. The fourth-order valence-corrected chi connectivity index (χ4v) is 2.19. The van der Waals surface area contributed by atoms with E-state index in [1.807, 2.05) is 44.2 Å². The van der Waals surface area contributed by atoms with Gasteiger partial charge in [-0.2, -0.15) is 0 Å². The summed E-state index contributed by atoms with van der Waals surface area (Å²) in [5.74, 6) is -1.97. The minimum absolute atomic E-state index is 0.139. The number of benzene rings is 2. The summed E-state index contributed by atoms with van der Waals surface area (Å²) < 4.78 is 26.5. The van der Waals surface area contributed by atoms with Gasteiger partial charge in [0.25, 0.3) is 5.91 Å². The van der Waals surface area contributed by atoms with Crippen LogP contribution in [0.15, 0.2) is 48.5 Å². The summed E-state index contributed by atoms with van der Waals surface area (Å²) >= 11 is 0. The van der Waals surface area contributed by atoms with E-state index in [0.717, 1.165) is 17.7 Å². The third-order valence-electron chi connectivity index (χ3n) is 3.29. The summed E-state index contributed by atoms with van der Waals surface area (Å²) in [4.78, 5) is 12.2. The molecule has 21 heavy (non-hydrogen) atoms. The summed E-state index contributed by atoms with van der Waals surface area (Å²) in [6.45, 7) is 3.94. The lowest BCUT2D eigenvalue weighted by Gasteiger charge is -2.23. The number of nitrogens with one attached hydrogen (secondary N) is 1. The van der Waals surface area contributed by atoms with Crippen LogP contribution < -0.4 is 5.32 Å². The summed E-state index contributed by atoms with van der Waals surface area (Å²) in [6, 6.07) is 12.2. The van der Waals surface area contributed by atoms with Gasteiger partial charge in [-0.3, -0.25) is 4.79 Å². The largest absolute Gasteiger partial charge is 0.345 e. The number of hydrogen-bond donors (Lipinski definition) is 1. The van der Waals surface area contributed by atoms with E-state index in [1.165, 1.54) is 0 Å². The molecule has 110 valence electrons. The first-order valence-electron chi connectivity index (χ1n) is 6.80. The predicted molar refractivity (Wildman–Crippen MR) is 77.8 cm³/mol. The third kappa shape index (κ3) is 3.66. The lowest BCUT2D eigenvalue weighted by Crippen LogP contribution is -2.32. The summed E-state index contributed by atoms with van der Waals surface area (Å²) in [6.07, 6.45) is 0. The van der Waals surface area contributed by atoms with Crippen molar-refractivity contribution in [2.24, 2.45) is 5.92 Å². The van der Waals surface area contributed by atoms with Gasteiger partial charge in [0.2, 0.25) is 0 Å². The Morgan fingerprint density at radius 2 is 1.71 bits per heavy atom. The van der Waals surface area contributed by atoms with Crippen molar-refractivity contribution in [2.45, 2.75) is 19.9 Å². The molecular formula is C17H17F2NO. The zero-order valence-electron chi connectivity index (χ0n) is 11.9. The minimum atomic E-state index is -0.858. The molecule has 0 heterocycles. The molecule has 0 aliphatic carbocycles. The number of carbonyl (C=O) groups excluding carboxylic acids is 1. The van der Waals surface area contributed by atoms with Crippen molar-refractivity contribution in [1.82, 2.24) is 5.32 Å². The van der Waals surface area contributed by atoms with Crippen LogP contribution in [-0.4, -0.2) is 5.91 Å². The molecule has 0 aromatic heterocycles. The van der Waals surface area contributed by atoms with E-state index < -0.39 is 17.5 Å². The molecule has 0 saturated carbocycles. The van der Waals surface area contributed by atoms with Crippen LogP contribution >= 0.6 is 0 Å². The van der Waals surface area contributed by atoms with Crippen LogP contribution in [0.2, 0.25) is 0 Å². The van der Waals surface area contributed by atoms with Gasteiger partial charge in [0.05, 0.1) is 11.6 Å². The number of amides is 1. The van der Waals surface area contributed by atoms with E-state index in [0.29, 0.717) is 6.07 Å². The van der Waals surface area contributed by atoms with Crippen LogP contribution in [-0.2, 0) is 0 Å². The lowest BCUT2D eigenvalue weighted by atomic mass is 9.95. The number of halogens is 2. The first kappa shape index (κ1) is 15.2. The van der Waals surface area contributed by atoms with Crippen LogP contribution in [0.1, 0.15) is 35.8 Å². The molecule has 2 rings (SSSR count). The second-order valence-electron chi connectivity index (χ2n) is 5.23. The maximum absolute atomic E-state index is 13.7. The summed E-state index contributed by atoms with van der Waals surface area (Å²) in [7, 11) is 0. The van der Waals surface area contributed by atoms with Gasteiger partial charge in [-0.25, -0.2) is 8.78 Å². The Hall–Kier alpha value is -2.23. The number of rotatable bonds is 4. The van der Waals surface area contributed by atoms with Crippen LogP contribution in [0, 0.1) is 17.6 Å². The highest BCUT2D eigenvalue weighted by molar-refractivity contribution is 5.94. The van der Waals surface area contributed by atoms with Gasteiger partial charge < -0.3 is 5.32 Å². The van der Waals surface area contributed by atoms with Crippen molar-refractivity contribution in [3.05, 3.63) is 71.3 Å². The summed E-state index contributed by atoms with van der Waals surface area (Å²) in [5, 5.41) is 2.81. The molecule has 0 aliphatic rings. The van der Waals surface area contributed by atoms with Crippen LogP contribution in [0.25, 0.3) is 0 Å². The maximum atomic E-state index is 13.7. The highest BCUT2D eigenvalue weighted by atomic mass is 19.1. The number of carbonyl (C=O) groups is 1. The Bertz CT molecular complexity index is 626. The fraction of sp³-hybridized carbons (Fsp3) is 0.235. The van der Waals surface area contributed by atoms with E-state index in [4.69, 9.17) is 0 Å². The molecular weight excluding hydrogens is 272 g/mol. The monoisotopic (exact) mass is 289 g/mol. The van der Waals surface area contributed by atoms with Crippen molar-refractivity contribution in [2.75, 3.05) is 0 Å². The Labute approximate surface area is 122 Å². The Morgan fingerprint density at radius 3 is 2.29 bits per heavy atom. The SMILES string of the molecule is CC(C)[C@H](NC(=O)c1ccc(F)cc1F)c1ccccc1. The molecule has 0 unspecified atom stereocenters. The highest BCUT2D eigenvalue weighted by Crippen LogP contribution is 2.22. The van der Waals surface area contributed by atoms with Crippen LogP contribution in [0.3, 0.4) is 0 Å². The smallest absolute Gasteiger partial charge is 0.254 e. The molecule has 0 fully saturated rings. The molecule has 2 nitrogen and oxygen atoms in total. The molecule has 0 bridgehead atoms.